The molecule has 0 saturated heterocycles. The molecule has 1 atom stereocenters. The third-order valence-corrected chi connectivity index (χ3v) is 2.48. The summed E-state index contributed by atoms with van der Waals surface area (Å²) < 4.78 is 5.01. The maximum Gasteiger partial charge on any atom is 0.129 e. The standard InChI is InChI=1S/C13H13NO2/c1-13(15,12-6-2-3-8-14-12)11-5-4-9-16-10-7-11/h2-10,15H,1H3. The fourth-order valence-corrected chi connectivity index (χ4v) is 1.52. The average molecular weight is 215 g/mol. The van der Waals surface area contributed by atoms with Crippen molar-refractivity contribution in [3.63, 3.8) is 0 Å². The average Bonchev–Trinajstić information content (AvgIpc) is 2.59. The first-order valence-corrected chi connectivity index (χ1v) is 5.04. The quantitative estimate of drug-likeness (QED) is 0.822. The molecule has 0 aromatic carbocycles. The van der Waals surface area contributed by atoms with Gasteiger partial charge in [0.25, 0.3) is 0 Å². The van der Waals surface area contributed by atoms with Gasteiger partial charge in [-0.15, -0.1) is 0 Å². The van der Waals surface area contributed by atoms with Crippen molar-refractivity contribution in [2.24, 2.45) is 0 Å². The summed E-state index contributed by atoms with van der Waals surface area (Å²) in [5, 5.41) is 10.5. The van der Waals surface area contributed by atoms with Crippen LogP contribution in [0.25, 0.3) is 0 Å². The molecule has 16 heavy (non-hydrogen) atoms. The van der Waals surface area contributed by atoms with Crippen LogP contribution in [0.1, 0.15) is 12.6 Å². The summed E-state index contributed by atoms with van der Waals surface area (Å²) in [6.45, 7) is 1.71. The van der Waals surface area contributed by atoms with Crippen LogP contribution in [0.3, 0.4) is 0 Å². The Morgan fingerprint density at radius 3 is 2.94 bits per heavy atom. The second kappa shape index (κ2) is 4.33. The summed E-state index contributed by atoms with van der Waals surface area (Å²) in [5.74, 6) is 0. The van der Waals surface area contributed by atoms with E-state index in [1.807, 2.05) is 12.1 Å². The van der Waals surface area contributed by atoms with Crippen LogP contribution in [0.2, 0.25) is 0 Å². The molecule has 0 fully saturated rings. The van der Waals surface area contributed by atoms with Gasteiger partial charge in [-0.3, -0.25) is 4.98 Å². The summed E-state index contributed by atoms with van der Waals surface area (Å²) in [4.78, 5) is 4.17. The highest BCUT2D eigenvalue weighted by atomic mass is 16.5. The van der Waals surface area contributed by atoms with Crippen LogP contribution in [0.4, 0.5) is 0 Å². The van der Waals surface area contributed by atoms with E-state index in [1.165, 1.54) is 6.26 Å². The van der Waals surface area contributed by atoms with Gasteiger partial charge in [0.2, 0.25) is 0 Å². The maximum atomic E-state index is 10.5. The van der Waals surface area contributed by atoms with Gasteiger partial charge in [0.1, 0.15) is 5.60 Å². The van der Waals surface area contributed by atoms with Crippen molar-refractivity contribution >= 4 is 0 Å². The van der Waals surface area contributed by atoms with E-state index in [2.05, 4.69) is 4.98 Å². The van der Waals surface area contributed by atoms with Gasteiger partial charge < -0.3 is 9.84 Å². The fraction of sp³-hybridized carbons (Fsp3) is 0.154. The minimum Gasteiger partial charge on any atom is -0.473 e. The third kappa shape index (κ3) is 2.04. The zero-order chi connectivity index (χ0) is 11.4. The van der Waals surface area contributed by atoms with E-state index in [4.69, 9.17) is 4.74 Å². The molecule has 1 aliphatic rings. The largest absolute Gasteiger partial charge is 0.473 e. The van der Waals surface area contributed by atoms with Crippen LogP contribution in [-0.2, 0) is 10.3 Å². The number of aromatic nitrogens is 1. The number of hydrogen-bond acceptors (Lipinski definition) is 3. The molecular formula is C13H13NO2. The number of pyridine rings is 1. The Morgan fingerprint density at radius 2 is 2.19 bits per heavy atom. The molecule has 1 N–H and O–H groups in total. The molecule has 1 aromatic heterocycles. The second-order valence-corrected chi connectivity index (χ2v) is 3.68. The Hall–Kier alpha value is -1.87. The number of hydrogen-bond donors (Lipinski definition) is 1. The van der Waals surface area contributed by atoms with Crippen molar-refractivity contribution < 1.29 is 9.84 Å². The predicted octanol–water partition coefficient (Wildman–Crippen LogP) is 2.27. The van der Waals surface area contributed by atoms with E-state index >= 15 is 0 Å². The van der Waals surface area contributed by atoms with E-state index in [0.29, 0.717) is 5.69 Å². The molecule has 82 valence electrons. The molecular weight excluding hydrogens is 202 g/mol. The number of allylic oxidation sites excluding steroid dienone is 2. The molecule has 2 rings (SSSR count). The van der Waals surface area contributed by atoms with E-state index in [1.54, 1.807) is 43.7 Å². The van der Waals surface area contributed by atoms with Gasteiger partial charge in [-0.1, -0.05) is 12.1 Å². The molecule has 0 aliphatic carbocycles. The van der Waals surface area contributed by atoms with Gasteiger partial charge in [-0.25, -0.2) is 0 Å². The lowest BCUT2D eigenvalue weighted by Crippen LogP contribution is -2.24. The summed E-state index contributed by atoms with van der Waals surface area (Å²) in [6, 6.07) is 5.47. The minimum absolute atomic E-state index is 0.612. The van der Waals surface area contributed by atoms with E-state index in [9.17, 15) is 5.11 Å². The molecule has 0 radical (unpaired) electrons. The van der Waals surface area contributed by atoms with Crippen molar-refractivity contribution in [3.8, 4) is 0 Å². The topological polar surface area (TPSA) is 42.4 Å². The van der Waals surface area contributed by atoms with Crippen LogP contribution in [0.5, 0.6) is 0 Å². The SMILES string of the molecule is CC(O)(C1=CC=COC=C1)c1ccccn1. The number of nitrogens with zero attached hydrogens (tertiary/aromatic N) is 1. The number of rotatable bonds is 2. The van der Waals surface area contributed by atoms with Crippen molar-refractivity contribution in [3.05, 3.63) is 66.4 Å². The lowest BCUT2D eigenvalue weighted by atomic mass is 9.91. The van der Waals surface area contributed by atoms with Crippen LogP contribution >= 0.6 is 0 Å². The lowest BCUT2D eigenvalue weighted by Gasteiger charge is -2.23. The number of aliphatic hydroxyl groups is 1. The molecule has 0 bridgehead atoms. The minimum atomic E-state index is -1.12. The smallest absolute Gasteiger partial charge is 0.129 e. The summed E-state index contributed by atoms with van der Waals surface area (Å²) in [5.41, 5.74) is 0.233. The maximum absolute atomic E-state index is 10.5. The first-order chi connectivity index (χ1) is 7.71. The van der Waals surface area contributed by atoms with E-state index in [-0.39, 0.29) is 0 Å². The third-order valence-electron chi connectivity index (χ3n) is 2.48. The molecule has 3 heteroatoms. The molecule has 3 nitrogen and oxygen atoms in total. The van der Waals surface area contributed by atoms with Crippen molar-refractivity contribution in [2.75, 3.05) is 0 Å². The Balaban J connectivity index is 2.39. The molecule has 1 unspecified atom stereocenters. The van der Waals surface area contributed by atoms with Gasteiger partial charge in [0.15, 0.2) is 0 Å². The van der Waals surface area contributed by atoms with Crippen molar-refractivity contribution in [2.45, 2.75) is 12.5 Å². The Labute approximate surface area is 94.4 Å². The monoisotopic (exact) mass is 215 g/mol. The first-order valence-electron chi connectivity index (χ1n) is 5.04. The molecule has 0 amide bonds. The summed E-state index contributed by atoms with van der Waals surface area (Å²) in [7, 11) is 0. The van der Waals surface area contributed by atoms with E-state index in [0.717, 1.165) is 5.57 Å². The van der Waals surface area contributed by atoms with Gasteiger partial charge in [0.05, 0.1) is 18.2 Å². The van der Waals surface area contributed by atoms with Crippen molar-refractivity contribution in [1.82, 2.24) is 4.98 Å². The lowest BCUT2D eigenvalue weighted by molar-refractivity contribution is 0.0965. The van der Waals surface area contributed by atoms with Gasteiger partial charge in [-0.05, 0) is 36.8 Å². The Kier molecular flexibility index (Phi) is 2.88. The molecule has 0 spiro atoms. The first kappa shape index (κ1) is 10.6. The Morgan fingerprint density at radius 1 is 1.31 bits per heavy atom. The normalized spacial score (nSPS) is 18.2. The fourth-order valence-electron chi connectivity index (χ4n) is 1.52. The van der Waals surface area contributed by atoms with Crippen molar-refractivity contribution in [1.29, 1.82) is 0 Å². The van der Waals surface area contributed by atoms with Crippen LogP contribution < -0.4 is 0 Å². The summed E-state index contributed by atoms with van der Waals surface area (Å²) >= 11 is 0. The second-order valence-electron chi connectivity index (χ2n) is 3.68. The molecule has 1 aliphatic heterocycles. The van der Waals surface area contributed by atoms with Gasteiger partial charge in [0, 0.05) is 6.20 Å². The predicted molar refractivity (Wildman–Crippen MR) is 61.3 cm³/mol. The highest BCUT2D eigenvalue weighted by molar-refractivity contribution is 5.36. The van der Waals surface area contributed by atoms with Gasteiger partial charge in [-0.2, -0.15) is 0 Å². The van der Waals surface area contributed by atoms with Crippen LogP contribution in [0, 0.1) is 0 Å². The highest BCUT2D eigenvalue weighted by Crippen LogP contribution is 2.28. The molecule has 0 saturated carbocycles. The Bertz CT molecular complexity index is 444. The zero-order valence-corrected chi connectivity index (χ0v) is 9.00. The zero-order valence-electron chi connectivity index (χ0n) is 9.00. The number of ether oxygens (including phenoxy) is 1. The molecule has 2 heterocycles. The summed E-state index contributed by atoms with van der Waals surface area (Å²) in [6.07, 6.45) is 10.0. The van der Waals surface area contributed by atoms with Gasteiger partial charge >= 0.3 is 0 Å². The molecule has 1 aromatic rings. The van der Waals surface area contributed by atoms with Crippen LogP contribution in [-0.4, -0.2) is 10.1 Å². The highest BCUT2D eigenvalue weighted by Gasteiger charge is 2.27. The van der Waals surface area contributed by atoms with E-state index < -0.39 is 5.60 Å². The van der Waals surface area contributed by atoms with Crippen LogP contribution in [0.15, 0.2) is 60.7 Å².